The van der Waals surface area contributed by atoms with Gasteiger partial charge in [-0.15, -0.1) is 0 Å². The summed E-state index contributed by atoms with van der Waals surface area (Å²) in [6.45, 7) is 6.70. The molecule has 21 heavy (non-hydrogen) atoms. The van der Waals surface area contributed by atoms with Crippen molar-refractivity contribution in [2.45, 2.75) is 32.9 Å². The summed E-state index contributed by atoms with van der Waals surface area (Å²) in [5.74, 6) is -0.980. The maximum Gasteiger partial charge on any atom is 0.335 e. The van der Waals surface area contributed by atoms with Crippen molar-refractivity contribution >= 4 is 17.7 Å². The molecule has 2 N–H and O–H groups in total. The zero-order chi connectivity index (χ0) is 15.6. The first-order chi connectivity index (χ1) is 9.88. The fraction of sp³-hybridized carbons (Fsp3) is 0.467. The Morgan fingerprint density at radius 2 is 2.10 bits per heavy atom. The van der Waals surface area contributed by atoms with E-state index in [9.17, 15) is 9.59 Å². The standard InChI is InChI=1S/C15H20N2O4/c1-9-6-12(14(18)19)4-5-13(9)16-15(20)17-7-11(3)21-8-10(17)2/h4-6,10-11H,7-8H2,1-3H3,(H,16,20)(H,18,19). The normalized spacial score (nSPS) is 22.0. The third kappa shape index (κ3) is 3.52. The number of hydrogen-bond donors (Lipinski definition) is 2. The number of carboxylic acid groups (broad SMARTS) is 1. The monoisotopic (exact) mass is 292 g/mol. The second-order valence-electron chi connectivity index (χ2n) is 5.41. The molecule has 1 fully saturated rings. The van der Waals surface area contributed by atoms with Crippen molar-refractivity contribution in [3.05, 3.63) is 29.3 Å². The van der Waals surface area contributed by atoms with E-state index in [-0.39, 0.29) is 23.7 Å². The smallest absolute Gasteiger partial charge is 0.335 e. The molecule has 0 spiro atoms. The van der Waals surface area contributed by atoms with Crippen LogP contribution in [-0.4, -0.2) is 47.3 Å². The molecule has 1 aliphatic rings. The average molecular weight is 292 g/mol. The van der Waals surface area contributed by atoms with Crippen LogP contribution < -0.4 is 5.32 Å². The van der Waals surface area contributed by atoms with Crippen LogP contribution in [0.3, 0.4) is 0 Å². The molecule has 6 nitrogen and oxygen atoms in total. The summed E-state index contributed by atoms with van der Waals surface area (Å²) in [6.07, 6.45) is 0.0161. The van der Waals surface area contributed by atoms with Gasteiger partial charge in [0.15, 0.2) is 0 Å². The molecule has 2 unspecified atom stereocenters. The SMILES string of the molecule is Cc1cc(C(=O)O)ccc1NC(=O)N1CC(C)OCC1C. The predicted molar refractivity (Wildman–Crippen MR) is 78.7 cm³/mol. The minimum atomic E-state index is -0.980. The summed E-state index contributed by atoms with van der Waals surface area (Å²) in [6, 6.07) is 4.47. The van der Waals surface area contributed by atoms with Crippen molar-refractivity contribution < 1.29 is 19.4 Å². The van der Waals surface area contributed by atoms with E-state index in [0.29, 0.717) is 18.8 Å². The number of aryl methyl sites for hydroxylation is 1. The number of anilines is 1. The van der Waals surface area contributed by atoms with Crippen LogP contribution in [0.2, 0.25) is 0 Å². The number of aromatic carboxylic acids is 1. The third-order valence-corrected chi connectivity index (χ3v) is 3.58. The van der Waals surface area contributed by atoms with E-state index < -0.39 is 5.97 Å². The van der Waals surface area contributed by atoms with Crippen molar-refractivity contribution in [3.8, 4) is 0 Å². The van der Waals surface area contributed by atoms with Crippen LogP contribution in [0.15, 0.2) is 18.2 Å². The zero-order valence-corrected chi connectivity index (χ0v) is 12.4. The van der Waals surface area contributed by atoms with Gasteiger partial charge in [-0.1, -0.05) is 0 Å². The van der Waals surface area contributed by atoms with Crippen LogP contribution in [0.5, 0.6) is 0 Å². The molecule has 1 aromatic carbocycles. The van der Waals surface area contributed by atoms with Crippen molar-refractivity contribution in [2.75, 3.05) is 18.5 Å². The van der Waals surface area contributed by atoms with Crippen LogP contribution in [0.4, 0.5) is 10.5 Å². The maximum atomic E-state index is 12.3. The molecule has 0 aliphatic carbocycles. The molecule has 1 saturated heterocycles. The van der Waals surface area contributed by atoms with E-state index in [2.05, 4.69) is 5.32 Å². The molecule has 0 bridgehead atoms. The lowest BCUT2D eigenvalue weighted by Gasteiger charge is -2.36. The first-order valence-corrected chi connectivity index (χ1v) is 6.91. The number of nitrogens with one attached hydrogen (secondary N) is 1. The molecular formula is C15H20N2O4. The fourth-order valence-electron chi connectivity index (χ4n) is 2.31. The van der Waals surface area contributed by atoms with Crippen LogP contribution in [0.1, 0.15) is 29.8 Å². The second-order valence-corrected chi connectivity index (χ2v) is 5.41. The van der Waals surface area contributed by atoms with Crippen LogP contribution in [0, 0.1) is 6.92 Å². The molecular weight excluding hydrogens is 272 g/mol. The number of amides is 2. The minimum absolute atomic E-state index is 0.0137. The average Bonchev–Trinajstić information content (AvgIpc) is 2.43. The van der Waals surface area contributed by atoms with Gasteiger partial charge in [-0.25, -0.2) is 9.59 Å². The van der Waals surface area contributed by atoms with E-state index in [1.54, 1.807) is 24.0 Å². The number of urea groups is 1. The van der Waals surface area contributed by atoms with Gasteiger partial charge < -0.3 is 20.1 Å². The van der Waals surface area contributed by atoms with Crippen LogP contribution in [-0.2, 0) is 4.74 Å². The molecule has 0 radical (unpaired) electrons. The molecule has 1 aliphatic heterocycles. The van der Waals surface area contributed by atoms with Crippen molar-refractivity contribution in [3.63, 3.8) is 0 Å². The van der Waals surface area contributed by atoms with E-state index >= 15 is 0 Å². The Hall–Kier alpha value is -2.08. The highest BCUT2D eigenvalue weighted by atomic mass is 16.5. The Morgan fingerprint density at radius 1 is 1.38 bits per heavy atom. The van der Waals surface area contributed by atoms with Gasteiger partial charge in [0, 0.05) is 12.2 Å². The summed E-state index contributed by atoms with van der Waals surface area (Å²) in [4.78, 5) is 25.0. The molecule has 6 heteroatoms. The summed E-state index contributed by atoms with van der Waals surface area (Å²) >= 11 is 0. The third-order valence-electron chi connectivity index (χ3n) is 3.58. The van der Waals surface area contributed by atoms with Crippen molar-refractivity contribution in [1.29, 1.82) is 0 Å². The molecule has 0 aromatic heterocycles. The quantitative estimate of drug-likeness (QED) is 0.877. The minimum Gasteiger partial charge on any atom is -0.478 e. The zero-order valence-electron chi connectivity index (χ0n) is 12.4. The Balaban J connectivity index is 2.10. The summed E-state index contributed by atoms with van der Waals surface area (Å²) in [7, 11) is 0. The first-order valence-electron chi connectivity index (χ1n) is 6.91. The number of carbonyl (C=O) groups is 2. The summed E-state index contributed by atoms with van der Waals surface area (Å²) in [5, 5.41) is 11.8. The first kappa shape index (κ1) is 15.3. The largest absolute Gasteiger partial charge is 0.478 e. The van der Waals surface area contributed by atoms with E-state index in [1.807, 2.05) is 13.8 Å². The molecule has 1 aromatic rings. The lowest BCUT2D eigenvalue weighted by molar-refractivity contribution is -0.0296. The number of carbonyl (C=O) groups excluding carboxylic acids is 1. The topological polar surface area (TPSA) is 78.9 Å². The fourth-order valence-corrected chi connectivity index (χ4v) is 2.31. The number of hydrogen-bond acceptors (Lipinski definition) is 3. The highest BCUT2D eigenvalue weighted by Gasteiger charge is 2.27. The molecule has 2 amide bonds. The van der Waals surface area contributed by atoms with E-state index in [0.717, 1.165) is 5.56 Å². The van der Waals surface area contributed by atoms with Gasteiger partial charge in [0.1, 0.15) is 0 Å². The van der Waals surface area contributed by atoms with E-state index in [4.69, 9.17) is 9.84 Å². The lowest BCUT2D eigenvalue weighted by Crippen LogP contribution is -2.51. The van der Waals surface area contributed by atoms with Gasteiger partial charge >= 0.3 is 12.0 Å². The Kier molecular flexibility index (Phi) is 4.47. The van der Waals surface area contributed by atoms with Crippen molar-refractivity contribution in [2.24, 2.45) is 0 Å². The van der Waals surface area contributed by atoms with Gasteiger partial charge in [0.25, 0.3) is 0 Å². The number of ether oxygens (including phenoxy) is 1. The van der Waals surface area contributed by atoms with Gasteiger partial charge in [-0.05, 0) is 44.5 Å². The Bertz CT molecular complexity index is 559. The maximum absolute atomic E-state index is 12.3. The van der Waals surface area contributed by atoms with Gasteiger partial charge in [0.05, 0.1) is 24.3 Å². The van der Waals surface area contributed by atoms with Gasteiger partial charge in [-0.3, -0.25) is 0 Å². The molecule has 2 atom stereocenters. The molecule has 1 heterocycles. The van der Waals surface area contributed by atoms with E-state index in [1.165, 1.54) is 6.07 Å². The lowest BCUT2D eigenvalue weighted by atomic mass is 10.1. The molecule has 2 rings (SSSR count). The molecule has 114 valence electrons. The number of morpholine rings is 1. The Labute approximate surface area is 123 Å². The Morgan fingerprint density at radius 3 is 2.71 bits per heavy atom. The van der Waals surface area contributed by atoms with Gasteiger partial charge in [-0.2, -0.15) is 0 Å². The number of rotatable bonds is 2. The summed E-state index contributed by atoms with van der Waals surface area (Å²) < 4.78 is 5.50. The summed E-state index contributed by atoms with van der Waals surface area (Å²) in [5.41, 5.74) is 1.55. The number of nitrogens with zero attached hydrogens (tertiary/aromatic N) is 1. The number of carboxylic acids is 1. The number of benzene rings is 1. The van der Waals surface area contributed by atoms with Crippen LogP contribution in [0.25, 0.3) is 0 Å². The highest BCUT2D eigenvalue weighted by molar-refractivity contribution is 5.92. The second kappa shape index (κ2) is 6.13. The van der Waals surface area contributed by atoms with Crippen molar-refractivity contribution in [1.82, 2.24) is 4.90 Å². The van der Waals surface area contributed by atoms with Crippen LogP contribution >= 0.6 is 0 Å². The predicted octanol–water partition coefficient (Wildman–Crippen LogP) is 2.33. The highest BCUT2D eigenvalue weighted by Crippen LogP contribution is 2.19. The van der Waals surface area contributed by atoms with Gasteiger partial charge in [0.2, 0.25) is 0 Å². The molecule has 0 saturated carbocycles.